The van der Waals surface area contributed by atoms with E-state index in [0.717, 1.165) is 6.21 Å². The molecular weight excluding hydrogens is 179 g/mol. The van der Waals surface area contributed by atoms with Crippen LogP contribution in [0.25, 0.3) is 0 Å². The first kappa shape index (κ1) is 12.6. The number of rotatable bonds is 2. The molecule has 0 aliphatic rings. The molecular formula is C11H17FN2. The Labute approximate surface area is 84.7 Å². The minimum Gasteiger partial charge on any atom is -0.388 e. The minimum absolute atomic E-state index is 0.301. The molecule has 78 valence electrons. The average Bonchev–Trinajstić information content (AvgIpc) is 2.18. The van der Waals surface area contributed by atoms with Gasteiger partial charge in [-0.1, -0.05) is 26.3 Å². The third-order valence-corrected chi connectivity index (χ3v) is 1.47. The summed E-state index contributed by atoms with van der Waals surface area (Å²) >= 11 is 0. The molecule has 14 heavy (non-hydrogen) atoms. The highest BCUT2D eigenvalue weighted by Gasteiger charge is 2.02. The summed E-state index contributed by atoms with van der Waals surface area (Å²) in [6.07, 6.45) is 2.25. The number of halogens is 1. The first-order valence-electron chi connectivity index (χ1n) is 4.67. The summed E-state index contributed by atoms with van der Waals surface area (Å²) < 4.78 is 12.8. The number of hydrogen-bond acceptors (Lipinski definition) is 2. The zero-order valence-electron chi connectivity index (χ0n) is 8.89. The van der Waals surface area contributed by atoms with Crippen molar-refractivity contribution in [3.05, 3.63) is 29.6 Å². The lowest BCUT2D eigenvalue weighted by Crippen LogP contribution is -1.96. The average molecular weight is 196 g/mol. The highest BCUT2D eigenvalue weighted by atomic mass is 19.1. The van der Waals surface area contributed by atoms with E-state index < -0.39 is 0 Å². The predicted octanol–water partition coefficient (Wildman–Crippen LogP) is 3.28. The van der Waals surface area contributed by atoms with E-state index in [0.29, 0.717) is 11.3 Å². The van der Waals surface area contributed by atoms with Gasteiger partial charge in [-0.2, -0.15) is 0 Å². The Morgan fingerprint density at radius 1 is 1.43 bits per heavy atom. The topological polar surface area (TPSA) is 35.9 Å². The Kier molecular flexibility index (Phi) is 6.37. The SMILES string of the molecule is CCC.CNc1cccc(F)c1C=N. The normalized spacial score (nSPS) is 8.57. The Balaban J connectivity index is 0.000000500. The molecule has 0 aliphatic carbocycles. The molecule has 1 aromatic carbocycles. The van der Waals surface area contributed by atoms with Crippen LogP contribution >= 0.6 is 0 Å². The summed E-state index contributed by atoms with van der Waals surface area (Å²) in [5.41, 5.74) is 0.940. The standard InChI is InChI=1S/C8H9FN2.C3H8/c1-11-8-4-2-3-7(9)6(8)5-10;1-3-2/h2-5,10-11H,1H3;3H2,1-2H3. The second-order valence-electron chi connectivity index (χ2n) is 2.80. The fraction of sp³-hybridized carbons (Fsp3) is 0.364. The van der Waals surface area contributed by atoms with E-state index in [1.807, 2.05) is 0 Å². The molecule has 0 radical (unpaired) electrons. The minimum atomic E-state index is -0.369. The molecule has 0 saturated carbocycles. The van der Waals surface area contributed by atoms with Crippen LogP contribution in [0.3, 0.4) is 0 Å². The molecule has 2 N–H and O–H groups in total. The number of nitrogens with one attached hydrogen (secondary N) is 2. The van der Waals surface area contributed by atoms with Gasteiger partial charge in [0, 0.05) is 18.9 Å². The zero-order chi connectivity index (χ0) is 11.0. The van der Waals surface area contributed by atoms with Gasteiger partial charge in [0.1, 0.15) is 5.82 Å². The maximum Gasteiger partial charge on any atom is 0.134 e. The van der Waals surface area contributed by atoms with Crippen molar-refractivity contribution in [2.45, 2.75) is 20.3 Å². The van der Waals surface area contributed by atoms with E-state index in [1.54, 1.807) is 19.2 Å². The highest BCUT2D eigenvalue weighted by Crippen LogP contribution is 2.15. The van der Waals surface area contributed by atoms with Crippen LogP contribution < -0.4 is 5.32 Å². The fourth-order valence-corrected chi connectivity index (χ4v) is 0.902. The van der Waals surface area contributed by atoms with Crippen LogP contribution in [0, 0.1) is 11.2 Å². The van der Waals surface area contributed by atoms with Gasteiger partial charge in [0.05, 0.1) is 5.56 Å². The largest absolute Gasteiger partial charge is 0.388 e. The quantitative estimate of drug-likeness (QED) is 0.699. The van der Waals surface area contributed by atoms with Gasteiger partial charge in [0.25, 0.3) is 0 Å². The van der Waals surface area contributed by atoms with Crippen molar-refractivity contribution >= 4 is 11.9 Å². The number of hydrogen-bond donors (Lipinski definition) is 2. The molecule has 1 rings (SSSR count). The van der Waals surface area contributed by atoms with Crippen molar-refractivity contribution in [1.82, 2.24) is 0 Å². The van der Waals surface area contributed by atoms with Crippen molar-refractivity contribution < 1.29 is 4.39 Å². The van der Waals surface area contributed by atoms with Crippen LogP contribution in [0.1, 0.15) is 25.8 Å². The third kappa shape index (κ3) is 3.56. The molecule has 0 unspecified atom stereocenters. The first-order chi connectivity index (χ1) is 6.71. The molecule has 0 spiro atoms. The molecule has 3 heteroatoms. The second-order valence-corrected chi connectivity index (χ2v) is 2.80. The first-order valence-corrected chi connectivity index (χ1v) is 4.67. The van der Waals surface area contributed by atoms with Gasteiger partial charge in [-0.05, 0) is 12.1 Å². The molecule has 1 aromatic rings. The van der Waals surface area contributed by atoms with Crippen molar-refractivity contribution in [2.24, 2.45) is 0 Å². The summed E-state index contributed by atoms with van der Waals surface area (Å²) in [5.74, 6) is -0.369. The molecule has 0 heterocycles. The van der Waals surface area contributed by atoms with E-state index >= 15 is 0 Å². The van der Waals surface area contributed by atoms with E-state index in [4.69, 9.17) is 5.41 Å². The maximum atomic E-state index is 12.8. The molecule has 2 nitrogen and oxygen atoms in total. The van der Waals surface area contributed by atoms with E-state index in [2.05, 4.69) is 19.2 Å². The third-order valence-electron chi connectivity index (χ3n) is 1.47. The van der Waals surface area contributed by atoms with Gasteiger partial charge in [-0.25, -0.2) is 4.39 Å². The van der Waals surface area contributed by atoms with Crippen molar-refractivity contribution in [3.63, 3.8) is 0 Å². The lowest BCUT2D eigenvalue weighted by molar-refractivity contribution is 0.626. The molecule has 0 saturated heterocycles. The van der Waals surface area contributed by atoms with Crippen LogP contribution in [0.2, 0.25) is 0 Å². The van der Waals surface area contributed by atoms with E-state index in [-0.39, 0.29) is 5.82 Å². The zero-order valence-corrected chi connectivity index (χ0v) is 8.89. The van der Waals surface area contributed by atoms with E-state index in [9.17, 15) is 4.39 Å². The summed E-state index contributed by atoms with van der Waals surface area (Å²) in [7, 11) is 1.70. The van der Waals surface area contributed by atoms with Gasteiger partial charge in [0.2, 0.25) is 0 Å². The lowest BCUT2D eigenvalue weighted by Gasteiger charge is -2.03. The second kappa shape index (κ2) is 7.06. The Bertz CT molecular complexity index is 285. The molecule has 0 fully saturated rings. The number of anilines is 1. The Hall–Kier alpha value is -1.38. The van der Waals surface area contributed by atoms with Crippen LogP contribution in [-0.2, 0) is 0 Å². The molecule has 0 amide bonds. The molecule has 0 aromatic heterocycles. The van der Waals surface area contributed by atoms with Gasteiger partial charge < -0.3 is 10.7 Å². The number of benzene rings is 1. The van der Waals surface area contributed by atoms with Gasteiger partial charge in [-0.3, -0.25) is 0 Å². The van der Waals surface area contributed by atoms with Crippen LogP contribution in [0.4, 0.5) is 10.1 Å². The molecule has 0 atom stereocenters. The lowest BCUT2D eigenvalue weighted by atomic mass is 10.2. The highest BCUT2D eigenvalue weighted by molar-refractivity contribution is 5.85. The van der Waals surface area contributed by atoms with Crippen molar-refractivity contribution in [1.29, 1.82) is 5.41 Å². The Morgan fingerprint density at radius 2 is 2.00 bits per heavy atom. The summed E-state index contributed by atoms with van der Waals surface area (Å²) in [5, 5.41) is 9.72. The van der Waals surface area contributed by atoms with Gasteiger partial charge in [0.15, 0.2) is 0 Å². The summed E-state index contributed by atoms with van der Waals surface area (Å²) in [4.78, 5) is 0. The van der Waals surface area contributed by atoms with Gasteiger partial charge in [-0.15, -0.1) is 0 Å². The predicted molar refractivity (Wildman–Crippen MR) is 59.8 cm³/mol. The summed E-state index contributed by atoms with van der Waals surface area (Å²) in [6.45, 7) is 4.25. The molecule has 0 bridgehead atoms. The summed E-state index contributed by atoms with van der Waals surface area (Å²) in [6, 6.07) is 4.67. The smallest absolute Gasteiger partial charge is 0.134 e. The fourth-order valence-electron chi connectivity index (χ4n) is 0.902. The van der Waals surface area contributed by atoms with Gasteiger partial charge >= 0.3 is 0 Å². The van der Waals surface area contributed by atoms with Crippen molar-refractivity contribution in [2.75, 3.05) is 12.4 Å². The monoisotopic (exact) mass is 196 g/mol. The van der Waals surface area contributed by atoms with Crippen LogP contribution in [0.5, 0.6) is 0 Å². The maximum absolute atomic E-state index is 12.8. The van der Waals surface area contributed by atoms with E-state index in [1.165, 1.54) is 12.5 Å². The van der Waals surface area contributed by atoms with Crippen molar-refractivity contribution in [3.8, 4) is 0 Å². The van der Waals surface area contributed by atoms with Crippen LogP contribution in [-0.4, -0.2) is 13.3 Å². The molecule has 0 aliphatic heterocycles. The Morgan fingerprint density at radius 3 is 2.36 bits per heavy atom. The van der Waals surface area contributed by atoms with Crippen LogP contribution in [0.15, 0.2) is 18.2 Å².